The van der Waals surface area contributed by atoms with E-state index in [2.05, 4.69) is 59.1 Å². The third-order valence-corrected chi connectivity index (χ3v) is 6.33. The molecule has 4 aromatic rings. The fraction of sp³-hybridized carbons (Fsp3) is 0.292. The lowest BCUT2D eigenvalue weighted by Gasteiger charge is -2.03. The summed E-state index contributed by atoms with van der Waals surface area (Å²) in [5.41, 5.74) is 4.26. The zero-order valence-corrected chi connectivity index (χ0v) is 16.0. The van der Waals surface area contributed by atoms with Gasteiger partial charge in [-0.3, -0.25) is 9.97 Å². The van der Waals surface area contributed by atoms with Crippen LogP contribution in [0.5, 0.6) is 0 Å². The Morgan fingerprint density at radius 3 is 2.96 bits per heavy atom. The van der Waals surface area contributed by atoms with E-state index in [0.717, 1.165) is 58.1 Å². The highest BCUT2D eigenvalue weighted by Gasteiger charge is 2.34. The molecular formula is C24H22N4. The molecular weight excluding hydrogens is 344 g/mol. The van der Waals surface area contributed by atoms with Crippen LogP contribution in [0, 0.1) is 11.8 Å². The van der Waals surface area contributed by atoms with E-state index in [4.69, 9.17) is 9.97 Å². The van der Waals surface area contributed by atoms with E-state index in [1.165, 1.54) is 23.4 Å². The minimum atomic E-state index is 0.751. The zero-order chi connectivity index (χ0) is 18.7. The third-order valence-electron chi connectivity index (χ3n) is 6.33. The smallest absolute Gasteiger partial charge is 0.115 e. The molecule has 1 saturated carbocycles. The van der Waals surface area contributed by atoms with Gasteiger partial charge in [-0.2, -0.15) is 0 Å². The van der Waals surface area contributed by atoms with Crippen LogP contribution >= 0.6 is 0 Å². The molecule has 3 aromatic heterocycles. The van der Waals surface area contributed by atoms with E-state index in [1.807, 2.05) is 12.3 Å². The molecule has 1 fully saturated rings. The fourth-order valence-corrected chi connectivity index (χ4v) is 4.51. The standard InChI is InChI=1S/C24H22N4/c1-28-21-10-7-16-3-2-12-25-23(16)24(21)27-22(28)11-9-19-8-6-15-4-5-17-13-18(17)14-20(15)26-19/h2-4,6-8,10,12,14,17-18H,5,9,11,13H2,1H3. The predicted molar refractivity (Wildman–Crippen MR) is 112 cm³/mol. The van der Waals surface area contributed by atoms with Crippen LogP contribution in [-0.2, 0) is 19.9 Å². The first-order valence-corrected chi connectivity index (χ1v) is 10.1. The number of fused-ring (bicyclic) bond motifs is 5. The summed E-state index contributed by atoms with van der Waals surface area (Å²) in [5.74, 6) is 2.70. The van der Waals surface area contributed by atoms with Crippen LogP contribution in [0.3, 0.4) is 0 Å². The first kappa shape index (κ1) is 16.0. The van der Waals surface area contributed by atoms with Crippen molar-refractivity contribution in [2.75, 3.05) is 0 Å². The summed E-state index contributed by atoms with van der Waals surface area (Å²) in [5, 5.41) is 3.62. The van der Waals surface area contributed by atoms with Crippen LogP contribution in [0.15, 0.2) is 42.6 Å². The number of aryl methyl sites for hydroxylation is 3. The number of rotatable bonds is 3. The molecule has 2 aliphatic carbocycles. The maximum atomic E-state index is 4.96. The maximum absolute atomic E-state index is 4.96. The summed E-state index contributed by atoms with van der Waals surface area (Å²) in [4.78, 5) is 14.5. The number of pyridine rings is 2. The van der Waals surface area contributed by atoms with Gasteiger partial charge >= 0.3 is 0 Å². The van der Waals surface area contributed by atoms with Crippen molar-refractivity contribution in [2.45, 2.75) is 25.7 Å². The van der Waals surface area contributed by atoms with E-state index in [9.17, 15) is 0 Å². The Hall–Kier alpha value is -3.01. The zero-order valence-electron chi connectivity index (χ0n) is 16.0. The van der Waals surface area contributed by atoms with Crippen molar-refractivity contribution in [1.82, 2.24) is 19.5 Å². The lowest BCUT2D eigenvalue weighted by Crippen LogP contribution is -2.29. The van der Waals surface area contributed by atoms with Gasteiger partial charge in [-0.1, -0.05) is 30.4 Å². The topological polar surface area (TPSA) is 43.6 Å². The van der Waals surface area contributed by atoms with Crippen molar-refractivity contribution >= 4 is 34.1 Å². The Morgan fingerprint density at radius 2 is 2.00 bits per heavy atom. The van der Waals surface area contributed by atoms with E-state index in [0.29, 0.717) is 0 Å². The summed E-state index contributed by atoms with van der Waals surface area (Å²) >= 11 is 0. The summed E-state index contributed by atoms with van der Waals surface area (Å²) < 4.78 is 2.20. The van der Waals surface area contributed by atoms with E-state index >= 15 is 0 Å². The Bertz CT molecular complexity index is 1350. The second kappa shape index (κ2) is 5.99. The lowest BCUT2D eigenvalue weighted by molar-refractivity contribution is 0.773. The third kappa shape index (κ3) is 2.55. The van der Waals surface area contributed by atoms with Crippen LogP contribution in [0.2, 0.25) is 0 Å². The molecule has 3 heterocycles. The molecule has 2 aliphatic rings. The fourth-order valence-electron chi connectivity index (χ4n) is 4.51. The maximum Gasteiger partial charge on any atom is 0.115 e. The molecule has 1 aromatic carbocycles. The van der Waals surface area contributed by atoms with Gasteiger partial charge in [0, 0.05) is 30.7 Å². The van der Waals surface area contributed by atoms with Crippen molar-refractivity contribution in [3.63, 3.8) is 0 Å². The van der Waals surface area contributed by atoms with Crippen molar-refractivity contribution in [2.24, 2.45) is 18.9 Å². The molecule has 0 N–H and O–H groups in total. The predicted octanol–water partition coefficient (Wildman–Crippen LogP) is 2.90. The highest BCUT2D eigenvalue weighted by molar-refractivity contribution is 6.01. The largest absolute Gasteiger partial charge is 0.331 e. The molecule has 4 heteroatoms. The first-order chi connectivity index (χ1) is 13.8. The summed E-state index contributed by atoms with van der Waals surface area (Å²) in [7, 11) is 2.10. The molecule has 6 rings (SSSR count). The molecule has 4 nitrogen and oxygen atoms in total. The van der Waals surface area contributed by atoms with Crippen LogP contribution in [0.4, 0.5) is 0 Å². The van der Waals surface area contributed by atoms with Crippen LogP contribution < -0.4 is 10.6 Å². The van der Waals surface area contributed by atoms with Gasteiger partial charge in [0.05, 0.1) is 16.4 Å². The molecule has 0 aliphatic heterocycles. The van der Waals surface area contributed by atoms with Crippen molar-refractivity contribution < 1.29 is 0 Å². The number of imidazole rings is 1. The second-order valence-electron chi connectivity index (χ2n) is 8.14. The van der Waals surface area contributed by atoms with Crippen LogP contribution in [0.1, 0.15) is 24.4 Å². The van der Waals surface area contributed by atoms with Crippen LogP contribution in [0.25, 0.3) is 34.1 Å². The molecule has 138 valence electrons. The summed E-state index contributed by atoms with van der Waals surface area (Å²) in [6.07, 6.45) is 10.9. The molecule has 0 bridgehead atoms. The van der Waals surface area contributed by atoms with E-state index in [-0.39, 0.29) is 0 Å². The molecule has 0 spiro atoms. The SMILES string of the molecule is Cn1c(CCc2ccc3c(n2)=CC2CC2CC=3)nc2c3ncccc3ccc21. The average Bonchev–Trinajstić information content (AvgIpc) is 3.41. The van der Waals surface area contributed by atoms with E-state index < -0.39 is 0 Å². The minimum Gasteiger partial charge on any atom is -0.331 e. The van der Waals surface area contributed by atoms with Gasteiger partial charge < -0.3 is 4.57 Å². The van der Waals surface area contributed by atoms with Gasteiger partial charge in [-0.15, -0.1) is 0 Å². The van der Waals surface area contributed by atoms with E-state index in [1.54, 1.807) is 0 Å². The first-order valence-electron chi connectivity index (χ1n) is 10.1. The van der Waals surface area contributed by atoms with Gasteiger partial charge in [0.2, 0.25) is 0 Å². The van der Waals surface area contributed by atoms with Crippen LogP contribution in [-0.4, -0.2) is 19.5 Å². The van der Waals surface area contributed by atoms with Gasteiger partial charge in [-0.05, 0) is 54.5 Å². The average molecular weight is 366 g/mol. The monoisotopic (exact) mass is 366 g/mol. The molecule has 0 radical (unpaired) electrons. The summed E-state index contributed by atoms with van der Waals surface area (Å²) in [6.45, 7) is 0. The second-order valence-corrected chi connectivity index (χ2v) is 8.14. The minimum absolute atomic E-state index is 0.751. The number of hydrogen-bond acceptors (Lipinski definition) is 3. The molecule has 0 amide bonds. The lowest BCUT2D eigenvalue weighted by atomic mass is 10.2. The van der Waals surface area contributed by atoms with Gasteiger partial charge in [0.1, 0.15) is 11.3 Å². The molecule has 2 unspecified atom stereocenters. The van der Waals surface area contributed by atoms with Gasteiger partial charge in [0.15, 0.2) is 0 Å². The molecule has 0 saturated heterocycles. The van der Waals surface area contributed by atoms with Crippen molar-refractivity contribution in [1.29, 1.82) is 0 Å². The molecule has 2 atom stereocenters. The van der Waals surface area contributed by atoms with Gasteiger partial charge in [0.25, 0.3) is 0 Å². The number of hydrogen-bond donors (Lipinski definition) is 0. The number of aromatic nitrogens is 4. The Labute approximate surface area is 163 Å². The van der Waals surface area contributed by atoms with Crippen molar-refractivity contribution in [3.8, 4) is 0 Å². The Kier molecular flexibility index (Phi) is 3.42. The molecule has 28 heavy (non-hydrogen) atoms. The highest BCUT2D eigenvalue weighted by Crippen LogP contribution is 2.43. The highest BCUT2D eigenvalue weighted by atomic mass is 15.1. The Balaban J connectivity index is 1.34. The van der Waals surface area contributed by atoms with Gasteiger partial charge in [-0.25, -0.2) is 4.98 Å². The number of nitrogens with zero attached hydrogens (tertiary/aromatic N) is 4. The Morgan fingerprint density at radius 1 is 1.04 bits per heavy atom. The quantitative estimate of drug-likeness (QED) is 0.560. The van der Waals surface area contributed by atoms with Crippen molar-refractivity contribution in [3.05, 3.63) is 64.7 Å². The summed E-state index contributed by atoms with van der Waals surface area (Å²) in [6, 6.07) is 12.8. The normalized spacial score (nSPS) is 20.2. The number of benzene rings is 1.